The molecule has 1 fully saturated rings. The molecule has 2 aromatic heterocycles. The highest BCUT2D eigenvalue weighted by molar-refractivity contribution is 7.11. The summed E-state index contributed by atoms with van der Waals surface area (Å²) >= 11 is 1.65. The Morgan fingerprint density at radius 1 is 1.31 bits per heavy atom. The first-order valence-corrected chi connectivity index (χ1v) is 9.59. The van der Waals surface area contributed by atoms with E-state index >= 15 is 0 Å². The zero-order valence-electron chi connectivity index (χ0n) is 14.6. The Morgan fingerprint density at radius 2 is 2.15 bits per heavy atom. The lowest BCUT2D eigenvalue weighted by molar-refractivity contribution is 0.0696. The Bertz CT molecular complexity index is 890. The molecular weight excluding hydrogens is 348 g/mol. The third-order valence-electron chi connectivity index (χ3n) is 4.59. The van der Waals surface area contributed by atoms with E-state index in [2.05, 4.69) is 27.5 Å². The Balaban J connectivity index is 1.44. The third kappa shape index (κ3) is 3.67. The molecule has 0 unspecified atom stereocenters. The summed E-state index contributed by atoms with van der Waals surface area (Å²) in [6, 6.07) is 12.0. The average Bonchev–Trinajstić information content (AvgIpc) is 3.31. The van der Waals surface area contributed by atoms with Crippen molar-refractivity contribution in [2.45, 2.75) is 32.1 Å². The summed E-state index contributed by atoms with van der Waals surface area (Å²) < 4.78 is 5.03. The molecule has 4 rings (SSSR count). The van der Waals surface area contributed by atoms with E-state index in [4.69, 9.17) is 4.52 Å². The first-order valence-electron chi connectivity index (χ1n) is 8.78. The molecule has 7 heteroatoms. The molecule has 0 radical (unpaired) electrons. The Kier molecular flexibility index (Phi) is 4.79. The Hall–Kier alpha value is -2.54. The van der Waals surface area contributed by atoms with Crippen LogP contribution in [0.3, 0.4) is 0 Å². The average molecular weight is 368 g/mol. The van der Waals surface area contributed by atoms with Gasteiger partial charge in [0.25, 0.3) is 5.91 Å². The molecule has 1 aromatic carbocycles. The second kappa shape index (κ2) is 7.37. The highest BCUT2D eigenvalue weighted by Crippen LogP contribution is 2.30. The second-order valence-electron chi connectivity index (χ2n) is 6.61. The fraction of sp³-hybridized carbons (Fsp3) is 0.368. The highest BCUT2D eigenvalue weighted by atomic mass is 32.1. The number of nitrogens with zero attached hydrogens (tertiary/aromatic N) is 4. The number of likely N-dealkylation sites (tertiary alicyclic amines) is 1. The van der Waals surface area contributed by atoms with Crippen molar-refractivity contribution >= 4 is 17.2 Å². The number of aromatic nitrogens is 3. The van der Waals surface area contributed by atoms with Gasteiger partial charge in [0.05, 0.1) is 0 Å². The van der Waals surface area contributed by atoms with Gasteiger partial charge in [-0.3, -0.25) is 4.79 Å². The van der Waals surface area contributed by atoms with Crippen LogP contribution in [0, 0.1) is 6.92 Å². The standard InChI is InChI=1S/C19H20N4O2S/c1-13-10-16(22-25-13)19(24)23-9-5-8-15(12-23)18-21-20-17(26-18)11-14-6-3-2-4-7-14/h2-4,6-7,10,15H,5,8-9,11-12H2,1H3/t15-/m0/s1. The van der Waals surface area contributed by atoms with Gasteiger partial charge in [0.2, 0.25) is 0 Å². The predicted octanol–water partition coefficient (Wildman–Crippen LogP) is 3.45. The second-order valence-corrected chi connectivity index (χ2v) is 7.70. The van der Waals surface area contributed by atoms with Crippen molar-refractivity contribution in [1.29, 1.82) is 0 Å². The first-order chi connectivity index (χ1) is 12.7. The molecule has 6 nitrogen and oxygen atoms in total. The van der Waals surface area contributed by atoms with E-state index in [1.54, 1.807) is 24.3 Å². The molecule has 0 N–H and O–H groups in total. The van der Waals surface area contributed by atoms with Crippen LogP contribution in [0.2, 0.25) is 0 Å². The van der Waals surface area contributed by atoms with Gasteiger partial charge in [-0.1, -0.05) is 35.5 Å². The van der Waals surface area contributed by atoms with Crippen molar-refractivity contribution in [2.75, 3.05) is 13.1 Å². The lowest BCUT2D eigenvalue weighted by atomic mass is 9.98. The summed E-state index contributed by atoms with van der Waals surface area (Å²) in [5, 5.41) is 14.6. The number of piperidine rings is 1. The van der Waals surface area contributed by atoms with Crippen molar-refractivity contribution in [2.24, 2.45) is 0 Å². The molecule has 3 heterocycles. The molecule has 1 aliphatic heterocycles. The maximum atomic E-state index is 12.6. The topological polar surface area (TPSA) is 72.1 Å². The fourth-order valence-corrected chi connectivity index (χ4v) is 4.27. The maximum absolute atomic E-state index is 12.6. The van der Waals surface area contributed by atoms with Gasteiger partial charge in [-0.05, 0) is 25.3 Å². The van der Waals surface area contributed by atoms with Crippen LogP contribution in [0.25, 0.3) is 0 Å². The number of carbonyl (C=O) groups excluding carboxylic acids is 1. The van der Waals surface area contributed by atoms with Crippen molar-refractivity contribution in [3.05, 3.63) is 63.4 Å². The van der Waals surface area contributed by atoms with Crippen LogP contribution in [0.4, 0.5) is 0 Å². The number of amides is 1. The minimum atomic E-state index is -0.0689. The van der Waals surface area contributed by atoms with Crippen LogP contribution in [-0.4, -0.2) is 39.3 Å². The van der Waals surface area contributed by atoms with Crippen LogP contribution in [0.5, 0.6) is 0 Å². The van der Waals surface area contributed by atoms with E-state index in [1.807, 2.05) is 23.1 Å². The van der Waals surface area contributed by atoms with Crippen LogP contribution in [-0.2, 0) is 6.42 Å². The number of hydrogen-bond acceptors (Lipinski definition) is 6. The smallest absolute Gasteiger partial charge is 0.276 e. The van der Waals surface area contributed by atoms with Gasteiger partial charge >= 0.3 is 0 Å². The number of rotatable bonds is 4. The van der Waals surface area contributed by atoms with E-state index in [9.17, 15) is 4.79 Å². The zero-order chi connectivity index (χ0) is 17.9. The summed E-state index contributed by atoms with van der Waals surface area (Å²) in [6.45, 7) is 3.19. The summed E-state index contributed by atoms with van der Waals surface area (Å²) in [4.78, 5) is 14.5. The first kappa shape index (κ1) is 16.9. The lowest BCUT2D eigenvalue weighted by Crippen LogP contribution is -2.39. The molecule has 1 amide bonds. The molecule has 0 saturated carbocycles. The van der Waals surface area contributed by atoms with E-state index < -0.39 is 0 Å². The van der Waals surface area contributed by atoms with Gasteiger partial charge in [-0.2, -0.15) is 0 Å². The number of carbonyl (C=O) groups is 1. The van der Waals surface area contributed by atoms with Crippen LogP contribution >= 0.6 is 11.3 Å². The molecule has 0 bridgehead atoms. The molecule has 1 aliphatic rings. The summed E-state index contributed by atoms with van der Waals surface area (Å²) in [5.74, 6) is 0.819. The summed E-state index contributed by atoms with van der Waals surface area (Å²) in [5.41, 5.74) is 1.61. The van der Waals surface area contributed by atoms with Gasteiger partial charge in [-0.15, -0.1) is 21.5 Å². The normalized spacial score (nSPS) is 17.4. The van der Waals surface area contributed by atoms with Gasteiger partial charge < -0.3 is 9.42 Å². The van der Waals surface area contributed by atoms with Gasteiger partial charge in [-0.25, -0.2) is 0 Å². The lowest BCUT2D eigenvalue weighted by Gasteiger charge is -2.30. The van der Waals surface area contributed by atoms with Gasteiger partial charge in [0.15, 0.2) is 5.69 Å². The van der Waals surface area contributed by atoms with E-state index in [-0.39, 0.29) is 11.8 Å². The number of hydrogen-bond donors (Lipinski definition) is 0. The fourth-order valence-electron chi connectivity index (χ4n) is 3.27. The zero-order valence-corrected chi connectivity index (χ0v) is 15.4. The SMILES string of the molecule is Cc1cc(C(=O)N2CCC[C@H](c3nnc(Cc4ccccc4)s3)C2)no1. The van der Waals surface area contributed by atoms with Crippen molar-refractivity contribution in [3.8, 4) is 0 Å². The molecule has 134 valence electrons. The maximum Gasteiger partial charge on any atom is 0.276 e. The van der Waals surface area contributed by atoms with Crippen molar-refractivity contribution in [3.63, 3.8) is 0 Å². The number of aryl methyl sites for hydroxylation is 1. The van der Waals surface area contributed by atoms with E-state index in [0.29, 0.717) is 18.0 Å². The Morgan fingerprint density at radius 3 is 2.92 bits per heavy atom. The van der Waals surface area contributed by atoms with Crippen LogP contribution in [0.1, 0.15) is 50.6 Å². The van der Waals surface area contributed by atoms with Crippen molar-refractivity contribution in [1.82, 2.24) is 20.3 Å². The highest BCUT2D eigenvalue weighted by Gasteiger charge is 2.29. The van der Waals surface area contributed by atoms with E-state index in [1.165, 1.54) is 5.56 Å². The minimum Gasteiger partial charge on any atom is -0.361 e. The van der Waals surface area contributed by atoms with Crippen LogP contribution in [0.15, 0.2) is 40.9 Å². The molecule has 0 aliphatic carbocycles. The minimum absolute atomic E-state index is 0.0689. The predicted molar refractivity (Wildman–Crippen MR) is 98.3 cm³/mol. The number of benzene rings is 1. The summed E-state index contributed by atoms with van der Waals surface area (Å²) in [6.07, 6.45) is 2.79. The van der Waals surface area contributed by atoms with Crippen molar-refractivity contribution < 1.29 is 9.32 Å². The van der Waals surface area contributed by atoms with Gasteiger partial charge in [0.1, 0.15) is 15.8 Å². The monoisotopic (exact) mass is 368 g/mol. The molecule has 1 atom stereocenters. The molecule has 3 aromatic rings. The third-order valence-corrected chi connectivity index (χ3v) is 5.67. The quantitative estimate of drug-likeness (QED) is 0.705. The van der Waals surface area contributed by atoms with Gasteiger partial charge in [0, 0.05) is 31.5 Å². The van der Waals surface area contributed by atoms with Crippen LogP contribution < -0.4 is 0 Å². The molecular formula is C19H20N4O2S. The molecule has 0 spiro atoms. The molecule has 1 saturated heterocycles. The molecule has 26 heavy (non-hydrogen) atoms. The van der Waals surface area contributed by atoms with E-state index in [0.717, 1.165) is 35.8 Å². The largest absolute Gasteiger partial charge is 0.361 e. The summed E-state index contributed by atoms with van der Waals surface area (Å²) in [7, 11) is 0. The Labute approximate surface area is 155 Å².